The standard InChI is InChI=1S/C17H14ClNS/c18-14-6-5-12-7-8-19(16(12)9-14)10-13-11-20-17-4-2-1-3-15(13)17/h1-9,13H,10-11H2. The van der Waals surface area contributed by atoms with Crippen LogP contribution in [0.1, 0.15) is 11.5 Å². The van der Waals surface area contributed by atoms with Crippen LogP contribution in [0.5, 0.6) is 0 Å². The zero-order chi connectivity index (χ0) is 13.5. The fourth-order valence-corrected chi connectivity index (χ4v) is 4.34. The third-order valence-electron chi connectivity index (χ3n) is 3.95. The van der Waals surface area contributed by atoms with Gasteiger partial charge < -0.3 is 4.57 Å². The lowest BCUT2D eigenvalue weighted by atomic mass is 10.0. The van der Waals surface area contributed by atoms with Gasteiger partial charge in [0.15, 0.2) is 0 Å². The van der Waals surface area contributed by atoms with Gasteiger partial charge in [-0.1, -0.05) is 35.9 Å². The molecule has 3 aromatic rings. The van der Waals surface area contributed by atoms with Crippen molar-refractivity contribution in [2.75, 3.05) is 5.75 Å². The summed E-state index contributed by atoms with van der Waals surface area (Å²) in [5.41, 5.74) is 2.72. The predicted octanol–water partition coefficient (Wildman–Crippen LogP) is 5.18. The molecule has 0 spiro atoms. The fraction of sp³-hybridized carbons (Fsp3) is 0.176. The van der Waals surface area contributed by atoms with E-state index in [0.29, 0.717) is 5.92 Å². The molecule has 0 saturated carbocycles. The summed E-state index contributed by atoms with van der Waals surface area (Å²) in [6.07, 6.45) is 2.17. The molecule has 2 heterocycles. The Morgan fingerprint density at radius 2 is 2.05 bits per heavy atom. The van der Waals surface area contributed by atoms with Crippen LogP contribution in [0.2, 0.25) is 5.02 Å². The highest BCUT2D eigenvalue weighted by atomic mass is 35.5. The molecule has 4 rings (SSSR count). The van der Waals surface area contributed by atoms with E-state index in [9.17, 15) is 0 Å². The number of hydrogen-bond acceptors (Lipinski definition) is 1. The largest absolute Gasteiger partial charge is 0.347 e. The van der Waals surface area contributed by atoms with Gasteiger partial charge in [-0.3, -0.25) is 0 Å². The van der Waals surface area contributed by atoms with Crippen LogP contribution >= 0.6 is 23.4 Å². The topological polar surface area (TPSA) is 4.93 Å². The van der Waals surface area contributed by atoms with Gasteiger partial charge in [0.25, 0.3) is 0 Å². The summed E-state index contributed by atoms with van der Waals surface area (Å²) in [5, 5.41) is 2.06. The molecule has 1 aromatic heterocycles. The number of hydrogen-bond donors (Lipinski definition) is 0. The molecule has 1 atom stereocenters. The van der Waals surface area contributed by atoms with Crippen LogP contribution in [0.4, 0.5) is 0 Å². The molecule has 0 amide bonds. The van der Waals surface area contributed by atoms with Crippen LogP contribution in [-0.2, 0) is 6.54 Å². The third-order valence-corrected chi connectivity index (χ3v) is 5.44. The van der Waals surface area contributed by atoms with E-state index in [4.69, 9.17) is 11.6 Å². The first-order valence-corrected chi connectivity index (χ1v) is 8.14. The Morgan fingerprint density at radius 3 is 3.00 bits per heavy atom. The summed E-state index contributed by atoms with van der Waals surface area (Å²) in [6.45, 7) is 1.02. The molecule has 0 aliphatic carbocycles. The number of aromatic nitrogens is 1. The van der Waals surface area contributed by atoms with Gasteiger partial charge in [-0.25, -0.2) is 0 Å². The average molecular weight is 300 g/mol. The van der Waals surface area contributed by atoms with Crippen LogP contribution in [0.15, 0.2) is 59.6 Å². The van der Waals surface area contributed by atoms with Gasteiger partial charge in [-0.15, -0.1) is 11.8 Å². The molecule has 1 aliphatic heterocycles. The molecule has 0 radical (unpaired) electrons. The molecule has 0 saturated heterocycles. The maximum atomic E-state index is 6.13. The van der Waals surface area contributed by atoms with E-state index in [-0.39, 0.29) is 0 Å². The molecule has 0 fully saturated rings. The van der Waals surface area contributed by atoms with Crippen molar-refractivity contribution < 1.29 is 0 Å². The maximum absolute atomic E-state index is 6.13. The normalized spacial score (nSPS) is 17.6. The molecule has 1 aliphatic rings. The highest BCUT2D eigenvalue weighted by molar-refractivity contribution is 7.99. The minimum atomic E-state index is 0.589. The van der Waals surface area contributed by atoms with Crippen LogP contribution in [-0.4, -0.2) is 10.3 Å². The number of rotatable bonds is 2. The lowest BCUT2D eigenvalue weighted by Crippen LogP contribution is -2.07. The van der Waals surface area contributed by atoms with E-state index in [2.05, 4.69) is 53.2 Å². The second kappa shape index (κ2) is 4.87. The van der Waals surface area contributed by atoms with Crippen LogP contribution in [0.25, 0.3) is 10.9 Å². The smallest absolute Gasteiger partial charge is 0.0495 e. The lowest BCUT2D eigenvalue weighted by molar-refractivity contribution is 0.623. The Bertz CT molecular complexity index is 778. The van der Waals surface area contributed by atoms with Crippen molar-refractivity contribution in [2.24, 2.45) is 0 Å². The Kier molecular flexibility index (Phi) is 3.01. The highest BCUT2D eigenvalue weighted by Gasteiger charge is 2.23. The lowest BCUT2D eigenvalue weighted by Gasteiger charge is -2.13. The number of nitrogens with zero attached hydrogens (tertiary/aromatic N) is 1. The van der Waals surface area contributed by atoms with E-state index in [1.165, 1.54) is 27.1 Å². The summed E-state index contributed by atoms with van der Waals surface area (Å²) in [7, 11) is 0. The molecule has 0 N–H and O–H groups in total. The Morgan fingerprint density at radius 1 is 1.15 bits per heavy atom. The molecule has 0 bridgehead atoms. The first-order chi connectivity index (χ1) is 9.81. The minimum Gasteiger partial charge on any atom is -0.347 e. The summed E-state index contributed by atoms with van der Waals surface area (Å²) in [4.78, 5) is 1.44. The van der Waals surface area contributed by atoms with Crippen molar-refractivity contribution in [2.45, 2.75) is 17.4 Å². The van der Waals surface area contributed by atoms with Crippen LogP contribution in [0, 0.1) is 0 Å². The third kappa shape index (κ3) is 2.04. The Balaban J connectivity index is 1.70. The van der Waals surface area contributed by atoms with Crippen molar-refractivity contribution >= 4 is 34.3 Å². The Labute approximate surface area is 127 Å². The molecule has 1 unspecified atom stereocenters. The van der Waals surface area contributed by atoms with E-state index >= 15 is 0 Å². The number of benzene rings is 2. The number of thioether (sulfide) groups is 1. The SMILES string of the molecule is Clc1ccc2ccn(CC3CSc4ccccc43)c2c1. The molecule has 3 heteroatoms. The molecule has 20 heavy (non-hydrogen) atoms. The molecular formula is C17H14ClNS. The monoisotopic (exact) mass is 299 g/mol. The summed E-state index contributed by atoms with van der Waals surface area (Å²) < 4.78 is 2.33. The van der Waals surface area contributed by atoms with Gasteiger partial charge in [0.2, 0.25) is 0 Å². The second-order valence-electron chi connectivity index (χ2n) is 5.22. The first-order valence-electron chi connectivity index (χ1n) is 6.77. The van der Waals surface area contributed by atoms with Gasteiger partial charge in [-0.2, -0.15) is 0 Å². The summed E-state index contributed by atoms with van der Waals surface area (Å²) in [5.74, 6) is 1.75. The first kappa shape index (κ1) is 12.4. The zero-order valence-electron chi connectivity index (χ0n) is 10.9. The van der Waals surface area contributed by atoms with Crippen LogP contribution < -0.4 is 0 Å². The van der Waals surface area contributed by atoms with Crippen molar-refractivity contribution in [3.8, 4) is 0 Å². The van der Waals surface area contributed by atoms with Crippen molar-refractivity contribution in [1.29, 1.82) is 0 Å². The zero-order valence-corrected chi connectivity index (χ0v) is 12.5. The van der Waals surface area contributed by atoms with Crippen LogP contribution in [0.3, 0.4) is 0 Å². The predicted molar refractivity (Wildman–Crippen MR) is 86.9 cm³/mol. The van der Waals surface area contributed by atoms with Gasteiger partial charge in [0.1, 0.15) is 0 Å². The van der Waals surface area contributed by atoms with Gasteiger partial charge in [-0.05, 0) is 35.2 Å². The van der Waals surface area contributed by atoms with E-state index in [1.54, 1.807) is 0 Å². The summed E-state index contributed by atoms with van der Waals surface area (Å²) >= 11 is 8.09. The minimum absolute atomic E-state index is 0.589. The second-order valence-corrected chi connectivity index (χ2v) is 6.72. The fourth-order valence-electron chi connectivity index (χ4n) is 2.93. The van der Waals surface area contributed by atoms with Crippen molar-refractivity contribution in [3.63, 3.8) is 0 Å². The molecule has 1 nitrogen and oxygen atoms in total. The molecular weight excluding hydrogens is 286 g/mol. The highest BCUT2D eigenvalue weighted by Crippen LogP contribution is 2.40. The van der Waals surface area contributed by atoms with Gasteiger partial charge in [0.05, 0.1) is 0 Å². The number of fused-ring (bicyclic) bond motifs is 2. The van der Waals surface area contributed by atoms with Crippen molar-refractivity contribution in [3.05, 3.63) is 65.3 Å². The maximum Gasteiger partial charge on any atom is 0.0495 e. The van der Waals surface area contributed by atoms with E-state index < -0.39 is 0 Å². The summed E-state index contributed by atoms with van der Waals surface area (Å²) in [6, 6.07) is 17.0. The van der Waals surface area contributed by atoms with E-state index in [1.807, 2.05) is 17.8 Å². The molecule has 100 valence electrons. The number of halogens is 1. The Hall–Kier alpha value is -1.38. The molecule has 2 aromatic carbocycles. The average Bonchev–Trinajstić information content (AvgIpc) is 3.05. The van der Waals surface area contributed by atoms with Crippen molar-refractivity contribution in [1.82, 2.24) is 4.57 Å². The quantitative estimate of drug-likeness (QED) is 0.631. The van der Waals surface area contributed by atoms with Gasteiger partial charge >= 0.3 is 0 Å². The van der Waals surface area contributed by atoms with E-state index in [0.717, 1.165) is 11.6 Å². The van der Waals surface area contributed by atoms with Gasteiger partial charge in [0, 0.05) is 39.8 Å².